The molecular weight excluding hydrogens is 338 g/mol. The molecule has 0 aromatic heterocycles. The molecule has 1 N–H and O–H groups in total. The van der Waals surface area contributed by atoms with E-state index in [4.69, 9.17) is 16.9 Å². The van der Waals surface area contributed by atoms with Crippen molar-refractivity contribution in [1.82, 2.24) is 4.31 Å². The maximum absolute atomic E-state index is 12.6. The van der Waals surface area contributed by atoms with Crippen molar-refractivity contribution in [3.63, 3.8) is 0 Å². The van der Waals surface area contributed by atoms with Crippen LogP contribution in [0.1, 0.15) is 27.7 Å². The molecule has 0 heterocycles. The number of nitrogens with zero attached hydrogens (tertiary/aromatic N) is 2. The summed E-state index contributed by atoms with van der Waals surface area (Å²) in [7, 11) is -3.75. The molecule has 0 aliphatic rings. The van der Waals surface area contributed by atoms with Gasteiger partial charge in [-0.2, -0.15) is 9.57 Å². The van der Waals surface area contributed by atoms with Crippen LogP contribution in [-0.2, 0) is 14.8 Å². The second-order valence-electron chi connectivity index (χ2n) is 5.43. The van der Waals surface area contributed by atoms with Gasteiger partial charge in [-0.3, -0.25) is 4.79 Å². The number of sulfonamides is 1. The third-order valence-electron chi connectivity index (χ3n) is 3.36. The van der Waals surface area contributed by atoms with Crippen molar-refractivity contribution in [3.8, 4) is 6.07 Å². The number of hydrogen-bond donors (Lipinski definition) is 1. The van der Waals surface area contributed by atoms with Crippen molar-refractivity contribution in [3.05, 3.63) is 23.2 Å². The van der Waals surface area contributed by atoms with Crippen molar-refractivity contribution in [2.75, 3.05) is 18.4 Å². The fourth-order valence-corrected chi connectivity index (χ4v) is 3.78. The Hall–Kier alpha value is -1.62. The number of halogens is 1. The summed E-state index contributed by atoms with van der Waals surface area (Å²) in [5.41, 5.74) is -0.953. The van der Waals surface area contributed by atoms with Crippen LogP contribution in [0.2, 0.25) is 5.02 Å². The number of amides is 1. The number of hydrogen-bond acceptors (Lipinski definition) is 4. The average Bonchev–Trinajstić information content (AvgIpc) is 2.49. The van der Waals surface area contributed by atoms with E-state index in [0.29, 0.717) is 13.1 Å². The SMILES string of the molecule is CCN(CC)S(=O)(=O)c1cc(NC(=O)C(C)(C)C#N)ccc1Cl. The molecule has 6 nitrogen and oxygen atoms in total. The standard InChI is InChI=1S/C15H20ClN3O3S/c1-5-19(6-2)23(21,22)13-9-11(7-8-12(13)16)18-14(20)15(3,4)10-17/h7-9H,5-6H2,1-4H3,(H,18,20). The van der Waals surface area contributed by atoms with E-state index in [2.05, 4.69) is 5.32 Å². The molecule has 8 heteroatoms. The van der Waals surface area contributed by atoms with E-state index in [9.17, 15) is 13.2 Å². The number of anilines is 1. The fourth-order valence-electron chi connectivity index (χ4n) is 1.82. The van der Waals surface area contributed by atoms with Crippen LogP contribution in [0.5, 0.6) is 0 Å². The molecule has 1 aromatic carbocycles. The molecule has 0 aliphatic heterocycles. The molecule has 1 aromatic rings. The third-order valence-corrected chi connectivity index (χ3v) is 5.89. The molecule has 0 fully saturated rings. The lowest BCUT2D eigenvalue weighted by Gasteiger charge is -2.20. The first-order valence-corrected chi connectivity index (χ1v) is 8.94. The number of carbonyl (C=O) groups is 1. The minimum atomic E-state index is -3.75. The number of carbonyl (C=O) groups excluding carboxylic acids is 1. The Labute approximate surface area is 142 Å². The minimum absolute atomic E-state index is 0.0737. The quantitative estimate of drug-likeness (QED) is 0.847. The lowest BCUT2D eigenvalue weighted by molar-refractivity contribution is -0.121. The van der Waals surface area contributed by atoms with Crippen LogP contribution in [-0.4, -0.2) is 31.7 Å². The summed E-state index contributed by atoms with van der Waals surface area (Å²) in [4.78, 5) is 12.0. The lowest BCUT2D eigenvalue weighted by Crippen LogP contribution is -2.31. The van der Waals surface area contributed by atoms with Crippen molar-refractivity contribution in [1.29, 1.82) is 5.26 Å². The minimum Gasteiger partial charge on any atom is -0.325 e. The summed E-state index contributed by atoms with van der Waals surface area (Å²) < 4.78 is 26.4. The Bertz CT molecular complexity index is 735. The molecule has 0 saturated heterocycles. The maximum Gasteiger partial charge on any atom is 0.244 e. The molecule has 0 spiro atoms. The molecule has 126 valence electrons. The Balaban J connectivity index is 3.25. The maximum atomic E-state index is 12.6. The summed E-state index contributed by atoms with van der Waals surface area (Å²) in [5.74, 6) is -0.520. The summed E-state index contributed by atoms with van der Waals surface area (Å²) in [6, 6.07) is 6.10. The molecule has 23 heavy (non-hydrogen) atoms. The van der Waals surface area contributed by atoms with E-state index in [1.165, 1.54) is 36.4 Å². The van der Waals surface area contributed by atoms with Gasteiger partial charge in [-0.05, 0) is 32.0 Å². The zero-order valence-electron chi connectivity index (χ0n) is 13.6. The van der Waals surface area contributed by atoms with Crippen molar-refractivity contribution >= 4 is 33.2 Å². The average molecular weight is 358 g/mol. The first-order valence-electron chi connectivity index (χ1n) is 7.12. The van der Waals surface area contributed by atoms with E-state index in [-0.39, 0.29) is 15.6 Å². The summed E-state index contributed by atoms with van der Waals surface area (Å²) in [6.07, 6.45) is 0. The van der Waals surface area contributed by atoms with Gasteiger partial charge in [-0.25, -0.2) is 8.42 Å². The van der Waals surface area contributed by atoms with Gasteiger partial charge in [0, 0.05) is 18.8 Å². The zero-order valence-corrected chi connectivity index (χ0v) is 15.1. The smallest absolute Gasteiger partial charge is 0.244 e. The fraction of sp³-hybridized carbons (Fsp3) is 0.467. The van der Waals surface area contributed by atoms with Crippen molar-refractivity contribution < 1.29 is 13.2 Å². The van der Waals surface area contributed by atoms with Gasteiger partial charge >= 0.3 is 0 Å². The molecule has 1 rings (SSSR count). The molecule has 0 aliphatic carbocycles. The number of benzene rings is 1. The molecule has 1 amide bonds. The number of rotatable bonds is 6. The predicted molar refractivity (Wildman–Crippen MR) is 89.6 cm³/mol. The summed E-state index contributed by atoms with van der Waals surface area (Å²) in [6.45, 7) is 7.05. The van der Waals surface area contributed by atoms with E-state index in [1.807, 2.05) is 6.07 Å². The normalized spacial score (nSPS) is 12.0. The van der Waals surface area contributed by atoms with Crippen LogP contribution in [0.3, 0.4) is 0 Å². The highest BCUT2D eigenvalue weighted by Gasteiger charge is 2.29. The molecule has 0 unspecified atom stereocenters. The van der Waals surface area contributed by atoms with Crippen molar-refractivity contribution in [2.45, 2.75) is 32.6 Å². The van der Waals surface area contributed by atoms with Crippen LogP contribution < -0.4 is 5.32 Å². The molecule has 0 bridgehead atoms. The van der Waals surface area contributed by atoms with Gasteiger partial charge in [0.2, 0.25) is 15.9 Å². The summed E-state index contributed by atoms with van der Waals surface area (Å²) in [5, 5.41) is 11.6. The highest BCUT2D eigenvalue weighted by atomic mass is 35.5. The van der Waals surface area contributed by atoms with Gasteiger partial charge < -0.3 is 5.32 Å². The Morgan fingerprint density at radius 1 is 1.35 bits per heavy atom. The van der Waals surface area contributed by atoms with Gasteiger partial charge in [-0.15, -0.1) is 0 Å². The van der Waals surface area contributed by atoms with E-state index in [0.717, 1.165) is 0 Å². The van der Waals surface area contributed by atoms with E-state index < -0.39 is 21.3 Å². The zero-order chi connectivity index (χ0) is 17.8. The molecule has 0 atom stereocenters. The number of nitrogens with one attached hydrogen (secondary N) is 1. The van der Waals surface area contributed by atoms with Crippen LogP contribution in [0, 0.1) is 16.7 Å². The van der Waals surface area contributed by atoms with E-state index in [1.54, 1.807) is 13.8 Å². The van der Waals surface area contributed by atoms with Crippen LogP contribution in [0.25, 0.3) is 0 Å². The van der Waals surface area contributed by atoms with Crippen molar-refractivity contribution in [2.24, 2.45) is 5.41 Å². The highest BCUT2D eigenvalue weighted by molar-refractivity contribution is 7.89. The van der Waals surface area contributed by atoms with Crippen LogP contribution in [0.4, 0.5) is 5.69 Å². The second-order valence-corrected chi connectivity index (χ2v) is 7.74. The molecular formula is C15H20ClN3O3S. The van der Waals surface area contributed by atoms with Gasteiger partial charge in [-0.1, -0.05) is 25.4 Å². The predicted octanol–water partition coefficient (Wildman–Crippen LogP) is 2.86. The Kier molecular flexibility index (Phi) is 6.17. The third kappa shape index (κ3) is 4.22. The van der Waals surface area contributed by atoms with Crippen LogP contribution >= 0.6 is 11.6 Å². The second kappa shape index (κ2) is 7.30. The Morgan fingerprint density at radius 2 is 1.91 bits per heavy atom. The topological polar surface area (TPSA) is 90.3 Å². The first-order chi connectivity index (χ1) is 10.6. The van der Waals surface area contributed by atoms with Gasteiger partial charge in [0.1, 0.15) is 10.3 Å². The van der Waals surface area contributed by atoms with E-state index >= 15 is 0 Å². The van der Waals surface area contributed by atoms with Gasteiger partial charge in [0.05, 0.1) is 11.1 Å². The monoisotopic (exact) mass is 357 g/mol. The molecule has 0 saturated carbocycles. The highest BCUT2D eigenvalue weighted by Crippen LogP contribution is 2.28. The van der Waals surface area contributed by atoms with Gasteiger partial charge in [0.15, 0.2) is 0 Å². The largest absolute Gasteiger partial charge is 0.325 e. The number of nitriles is 1. The Morgan fingerprint density at radius 3 is 2.39 bits per heavy atom. The molecule has 0 radical (unpaired) electrons. The lowest BCUT2D eigenvalue weighted by atomic mass is 9.95. The first kappa shape index (κ1) is 19.4. The summed E-state index contributed by atoms with van der Waals surface area (Å²) >= 11 is 6.02. The van der Waals surface area contributed by atoms with Crippen LogP contribution in [0.15, 0.2) is 23.1 Å². The van der Waals surface area contributed by atoms with Gasteiger partial charge in [0.25, 0.3) is 0 Å².